The number of hydrogen-bond acceptors (Lipinski definition) is 2. The maximum absolute atomic E-state index is 13.8. The van der Waals surface area contributed by atoms with E-state index in [1.165, 1.54) is 6.07 Å². The number of thiophene rings is 1. The Bertz CT molecular complexity index is 756. The van der Waals surface area contributed by atoms with Crippen molar-refractivity contribution < 1.29 is 8.78 Å². The summed E-state index contributed by atoms with van der Waals surface area (Å²) in [6, 6.07) is 6.44. The highest BCUT2D eigenvalue weighted by molar-refractivity contribution is 7.71. The Morgan fingerprint density at radius 1 is 1.28 bits per heavy atom. The molecule has 0 aliphatic rings. The van der Waals surface area contributed by atoms with Crippen LogP contribution in [0.4, 0.5) is 8.78 Å². The predicted molar refractivity (Wildman–Crippen MR) is 70.5 cm³/mol. The van der Waals surface area contributed by atoms with Gasteiger partial charge in [0.05, 0.1) is 12.1 Å². The molecule has 3 rings (SSSR count). The summed E-state index contributed by atoms with van der Waals surface area (Å²) < 4.78 is 29.1. The van der Waals surface area contributed by atoms with Crippen molar-refractivity contribution in [3.05, 3.63) is 50.9 Å². The van der Waals surface area contributed by atoms with Gasteiger partial charge in [-0.3, -0.25) is 0 Å². The molecule has 3 aromatic rings. The van der Waals surface area contributed by atoms with E-state index in [0.29, 0.717) is 16.8 Å². The summed E-state index contributed by atoms with van der Waals surface area (Å²) in [6.07, 6.45) is 0. The first-order valence-corrected chi connectivity index (χ1v) is 6.54. The number of halogens is 2. The van der Waals surface area contributed by atoms with Gasteiger partial charge < -0.3 is 9.55 Å². The minimum absolute atomic E-state index is 0.188. The van der Waals surface area contributed by atoms with E-state index in [-0.39, 0.29) is 5.52 Å². The van der Waals surface area contributed by atoms with Gasteiger partial charge in [0.25, 0.3) is 0 Å². The van der Waals surface area contributed by atoms with Crippen LogP contribution in [0.5, 0.6) is 0 Å². The zero-order valence-electron chi connectivity index (χ0n) is 9.11. The van der Waals surface area contributed by atoms with Gasteiger partial charge in [0, 0.05) is 4.88 Å². The van der Waals surface area contributed by atoms with E-state index in [2.05, 4.69) is 4.98 Å². The standard InChI is InChI=1S/C12H8F2N2S2/c13-8-3-4-9-11(10(8)14)16(12(17)15-9)6-7-2-1-5-18-7/h1-5H,6H2,(H,15,17). The highest BCUT2D eigenvalue weighted by atomic mass is 32.1. The van der Waals surface area contributed by atoms with Crippen LogP contribution in [0.25, 0.3) is 11.0 Å². The fourth-order valence-corrected chi connectivity index (χ4v) is 2.86. The summed E-state index contributed by atoms with van der Waals surface area (Å²) in [5, 5.41) is 1.94. The molecular weight excluding hydrogens is 274 g/mol. The summed E-state index contributed by atoms with van der Waals surface area (Å²) in [5.41, 5.74) is 0.698. The molecule has 0 aliphatic heterocycles. The molecular formula is C12H8F2N2S2. The quantitative estimate of drug-likeness (QED) is 0.702. The number of imidazole rings is 1. The second-order valence-electron chi connectivity index (χ2n) is 3.85. The summed E-state index contributed by atoms with van der Waals surface area (Å²) in [6.45, 7) is 0.441. The third-order valence-corrected chi connectivity index (χ3v) is 3.90. The number of H-pyrrole nitrogens is 1. The fourth-order valence-electron chi connectivity index (χ4n) is 1.90. The summed E-state index contributed by atoms with van der Waals surface area (Å²) >= 11 is 6.70. The SMILES string of the molecule is Fc1ccc2[nH]c(=S)n(Cc3cccs3)c2c1F. The van der Waals surface area contributed by atoms with Crippen molar-refractivity contribution in [3.63, 3.8) is 0 Å². The van der Waals surface area contributed by atoms with Crippen LogP contribution >= 0.6 is 23.6 Å². The second kappa shape index (κ2) is 4.29. The molecule has 2 nitrogen and oxygen atoms in total. The molecule has 18 heavy (non-hydrogen) atoms. The number of hydrogen-bond donors (Lipinski definition) is 1. The van der Waals surface area contributed by atoms with Gasteiger partial charge in [-0.1, -0.05) is 6.07 Å². The Labute approximate surface area is 111 Å². The van der Waals surface area contributed by atoms with Crippen molar-refractivity contribution in [3.8, 4) is 0 Å². The molecule has 2 aromatic heterocycles. The molecule has 0 fully saturated rings. The van der Waals surface area contributed by atoms with Gasteiger partial charge in [0.15, 0.2) is 16.4 Å². The maximum atomic E-state index is 13.8. The summed E-state index contributed by atoms with van der Waals surface area (Å²) in [5.74, 6) is -1.73. The van der Waals surface area contributed by atoms with Crippen molar-refractivity contribution in [2.24, 2.45) is 0 Å². The maximum Gasteiger partial charge on any atom is 0.184 e. The lowest BCUT2D eigenvalue weighted by Gasteiger charge is -2.03. The van der Waals surface area contributed by atoms with Crippen LogP contribution < -0.4 is 0 Å². The highest BCUT2D eigenvalue weighted by Gasteiger charge is 2.14. The van der Waals surface area contributed by atoms with E-state index in [1.54, 1.807) is 15.9 Å². The molecule has 0 saturated carbocycles. The molecule has 0 radical (unpaired) electrons. The zero-order valence-corrected chi connectivity index (χ0v) is 10.7. The predicted octanol–water partition coefficient (Wildman–Crippen LogP) is 4.09. The second-order valence-corrected chi connectivity index (χ2v) is 5.27. The largest absolute Gasteiger partial charge is 0.330 e. The first kappa shape index (κ1) is 11.6. The summed E-state index contributed by atoms with van der Waals surface area (Å²) in [7, 11) is 0. The van der Waals surface area contributed by atoms with E-state index >= 15 is 0 Å². The molecule has 6 heteroatoms. The van der Waals surface area contributed by atoms with Crippen LogP contribution in [-0.2, 0) is 6.54 Å². The van der Waals surface area contributed by atoms with Gasteiger partial charge in [-0.05, 0) is 35.8 Å². The molecule has 1 N–H and O–H groups in total. The molecule has 0 spiro atoms. The van der Waals surface area contributed by atoms with Crippen LogP contribution in [0.15, 0.2) is 29.6 Å². The van der Waals surface area contributed by atoms with Crippen LogP contribution in [-0.4, -0.2) is 9.55 Å². The molecule has 0 atom stereocenters. The number of aromatic nitrogens is 2. The normalized spacial score (nSPS) is 11.2. The average molecular weight is 282 g/mol. The lowest BCUT2D eigenvalue weighted by molar-refractivity contribution is 0.512. The number of rotatable bonds is 2. The van der Waals surface area contributed by atoms with Crippen molar-refractivity contribution in [2.45, 2.75) is 6.54 Å². The van der Waals surface area contributed by atoms with Crippen LogP contribution in [0, 0.1) is 16.4 Å². The summed E-state index contributed by atoms with van der Waals surface area (Å²) in [4.78, 5) is 3.92. The number of benzene rings is 1. The number of nitrogens with one attached hydrogen (secondary N) is 1. The van der Waals surface area contributed by atoms with Crippen LogP contribution in [0.3, 0.4) is 0 Å². The van der Waals surface area contributed by atoms with Gasteiger partial charge in [-0.25, -0.2) is 8.78 Å². The molecule has 92 valence electrons. The Kier molecular flexibility index (Phi) is 2.76. The van der Waals surface area contributed by atoms with Crippen molar-refractivity contribution in [1.29, 1.82) is 0 Å². The molecule has 0 saturated heterocycles. The van der Waals surface area contributed by atoms with Gasteiger partial charge in [0.2, 0.25) is 0 Å². The molecule has 0 bridgehead atoms. The fraction of sp³-hybridized carbons (Fsp3) is 0.0833. The van der Waals surface area contributed by atoms with Gasteiger partial charge >= 0.3 is 0 Å². The molecule has 0 unspecified atom stereocenters. The molecule has 0 aliphatic carbocycles. The van der Waals surface area contributed by atoms with Crippen molar-refractivity contribution in [2.75, 3.05) is 0 Å². The Morgan fingerprint density at radius 3 is 2.83 bits per heavy atom. The number of nitrogens with zero attached hydrogens (tertiary/aromatic N) is 1. The number of aromatic amines is 1. The third-order valence-electron chi connectivity index (χ3n) is 2.72. The first-order valence-electron chi connectivity index (χ1n) is 5.25. The van der Waals surface area contributed by atoms with E-state index in [1.807, 2.05) is 17.5 Å². The van der Waals surface area contributed by atoms with E-state index < -0.39 is 11.6 Å². The average Bonchev–Trinajstić information content (AvgIpc) is 2.94. The van der Waals surface area contributed by atoms with E-state index in [9.17, 15) is 8.78 Å². The smallest absolute Gasteiger partial charge is 0.184 e. The van der Waals surface area contributed by atoms with Crippen LogP contribution in [0.1, 0.15) is 4.88 Å². The van der Waals surface area contributed by atoms with Gasteiger partial charge in [-0.15, -0.1) is 11.3 Å². The Morgan fingerprint density at radius 2 is 2.11 bits per heavy atom. The van der Waals surface area contributed by atoms with Gasteiger partial charge in [0.1, 0.15) is 5.52 Å². The Hall–Kier alpha value is -1.53. The Balaban J connectivity index is 2.24. The molecule has 2 heterocycles. The lowest BCUT2D eigenvalue weighted by Crippen LogP contribution is -2.00. The van der Waals surface area contributed by atoms with Crippen molar-refractivity contribution in [1.82, 2.24) is 9.55 Å². The first-order chi connectivity index (χ1) is 8.66. The lowest BCUT2D eigenvalue weighted by atomic mass is 10.3. The van der Waals surface area contributed by atoms with E-state index in [0.717, 1.165) is 10.9 Å². The van der Waals surface area contributed by atoms with Gasteiger partial charge in [-0.2, -0.15) is 0 Å². The minimum Gasteiger partial charge on any atom is -0.330 e. The molecule has 1 aromatic carbocycles. The number of fused-ring (bicyclic) bond motifs is 1. The highest BCUT2D eigenvalue weighted by Crippen LogP contribution is 2.22. The zero-order chi connectivity index (χ0) is 12.7. The third kappa shape index (κ3) is 1.77. The van der Waals surface area contributed by atoms with E-state index in [4.69, 9.17) is 12.2 Å². The monoisotopic (exact) mass is 282 g/mol. The van der Waals surface area contributed by atoms with Crippen molar-refractivity contribution >= 4 is 34.6 Å². The van der Waals surface area contributed by atoms with Crippen LogP contribution in [0.2, 0.25) is 0 Å². The topological polar surface area (TPSA) is 20.7 Å². The molecule has 0 amide bonds. The minimum atomic E-state index is -0.864.